The molecule has 0 aliphatic rings. The average molecular weight is 390 g/mol. The number of hydrogen-bond acceptors (Lipinski definition) is 3. The van der Waals surface area contributed by atoms with Gasteiger partial charge in [-0.3, -0.25) is 4.79 Å². The Kier molecular flexibility index (Phi) is 6.84. The van der Waals surface area contributed by atoms with Crippen LogP contribution in [0.15, 0.2) is 42.5 Å². The van der Waals surface area contributed by atoms with Crippen LogP contribution in [0.3, 0.4) is 0 Å². The van der Waals surface area contributed by atoms with Gasteiger partial charge in [0.2, 0.25) is 0 Å². The van der Waals surface area contributed by atoms with E-state index in [2.05, 4.69) is 10.1 Å². The molecule has 1 N–H and O–H groups in total. The van der Waals surface area contributed by atoms with Gasteiger partial charge in [-0.25, -0.2) is 0 Å². The lowest BCUT2D eigenvalue weighted by molar-refractivity contribution is -0.123. The van der Waals surface area contributed by atoms with Crippen molar-refractivity contribution in [1.82, 2.24) is 5.32 Å². The zero-order valence-electron chi connectivity index (χ0n) is 13.1. The molecule has 0 saturated carbocycles. The van der Waals surface area contributed by atoms with Gasteiger partial charge >= 0.3 is 6.61 Å². The number of nitrogens with one attached hydrogen (secondary N) is 1. The van der Waals surface area contributed by atoms with Gasteiger partial charge < -0.3 is 14.8 Å². The number of halogens is 4. The number of hydrogen-bond donors (Lipinski definition) is 1. The lowest BCUT2D eigenvalue weighted by Gasteiger charge is -2.16. The highest BCUT2D eigenvalue weighted by molar-refractivity contribution is 6.42. The number of alkyl halides is 2. The lowest BCUT2D eigenvalue weighted by Crippen LogP contribution is -2.31. The molecule has 4 nitrogen and oxygen atoms in total. The fourth-order valence-electron chi connectivity index (χ4n) is 2.04. The molecule has 1 atom stereocenters. The van der Waals surface area contributed by atoms with Crippen molar-refractivity contribution in [3.8, 4) is 11.5 Å². The highest BCUT2D eigenvalue weighted by Crippen LogP contribution is 2.26. The predicted octanol–water partition coefficient (Wildman–Crippen LogP) is 4.85. The van der Waals surface area contributed by atoms with Crippen LogP contribution in [0.25, 0.3) is 0 Å². The second-order valence-corrected chi connectivity index (χ2v) is 5.92. The van der Waals surface area contributed by atoms with Gasteiger partial charge in [0, 0.05) is 6.07 Å². The maximum atomic E-state index is 12.3. The quantitative estimate of drug-likeness (QED) is 0.735. The first kappa shape index (κ1) is 19.3. The summed E-state index contributed by atoms with van der Waals surface area (Å²) in [6, 6.07) is 10.4. The standard InChI is InChI=1S/C17H15Cl2F2NO3/c1-10(11-3-2-4-13(7-11)25-17(20)21)22-16(23)9-24-12-5-6-14(18)15(19)8-12/h2-8,10,17H,9H2,1H3,(H,22,23). The normalized spacial score (nSPS) is 11.9. The molecule has 0 heterocycles. The minimum absolute atomic E-state index is 0.0284. The van der Waals surface area contributed by atoms with E-state index in [0.717, 1.165) is 0 Å². The summed E-state index contributed by atoms with van der Waals surface area (Å²) < 4.78 is 34.2. The smallest absolute Gasteiger partial charge is 0.387 e. The minimum Gasteiger partial charge on any atom is -0.484 e. The van der Waals surface area contributed by atoms with Crippen LogP contribution in [0.1, 0.15) is 18.5 Å². The molecule has 1 unspecified atom stereocenters. The molecular weight excluding hydrogens is 375 g/mol. The lowest BCUT2D eigenvalue weighted by atomic mass is 10.1. The van der Waals surface area contributed by atoms with Crippen molar-refractivity contribution in [3.05, 3.63) is 58.1 Å². The Hall–Kier alpha value is -2.05. The van der Waals surface area contributed by atoms with Crippen molar-refractivity contribution in [2.24, 2.45) is 0 Å². The molecule has 2 aromatic rings. The number of amides is 1. The molecule has 0 saturated heterocycles. The summed E-state index contributed by atoms with van der Waals surface area (Å²) >= 11 is 11.7. The monoisotopic (exact) mass is 389 g/mol. The minimum atomic E-state index is -2.90. The Morgan fingerprint density at radius 1 is 1.12 bits per heavy atom. The zero-order chi connectivity index (χ0) is 18.4. The molecule has 8 heteroatoms. The van der Waals surface area contributed by atoms with Gasteiger partial charge in [-0.15, -0.1) is 0 Å². The summed E-state index contributed by atoms with van der Waals surface area (Å²) in [5, 5.41) is 3.42. The van der Waals surface area contributed by atoms with Gasteiger partial charge in [-0.05, 0) is 36.8 Å². The Morgan fingerprint density at radius 3 is 2.56 bits per heavy atom. The van der Waals surface area contributed by atoms with Crippen molar-refractivity contribution in [1.29, 1.82) is 0 Å². The number of rotatable bonds is 7. The Morgan fingerprint density at radius 2 is 1.88 bits per heavy atom. The van der Waals surface area contributed by atoms with Crippen LogP contribution in [0.4, 0.5) is 8.78 Å². The molecule has 0 spiro atoms. The maximum Gasteiger partial charge on any atom is 0.387 e. The average Bonchev–Trinajstić information content (AvgIpc) is 2.55. The molecule has 0 aromatic heterocycles. The Balaban J connectivity index is 1.90. The predicted molar refractivity (Wildman–Crippen MR) is 91.6 cm³/mol. The first-order valence-electron chi connectivity index (χ1n) is 7.27. The number of carbonyl (C=O) groups excluding carboxylic acids is 1. The molecule has 0 radical (unpaired) electrons. The molecule has 2 rings (SSSR count). The summed E-state index contributed by atoms with van der Waals surface area (Å²) in [7, 11) is 0. The first-order valence-corrected chi connectivity index (χ1v) is 8.02. The fraction of sp³-hybridized carbons (Fsp3) is 0.235. The third-order valence-electron chi connectivity index (χ3n) is 3.22. The molecule has 0 fully saturated rings. The van der Waals surface area contributed by atoms with Crippen LogP contribution >= 0.6 is 23.2 Å². The van der Waals surface area contributed by atoms with Gasteiger partial charge in [0.05, 0.1) is 16.1 Å². The highest BCUT2D eigenvalue weighted by atomic mass is 35.5. The zero-order valence-corrected chi connectivity index (χ0v) is 14.7. The van der Waals surface area contributed by atoms with Gasteiger partial charge in [0.25, 0.3) is 5.91 Å². The van der Waals surface area contributed by atoms with Crippen LogP contribution in [0.5, 0.6) is 11.5 Å². The van der Waals surface area contributed by atoms with E-state index in [4.69, 9.17) is 27.9 Å². The van der Waals surface area contributed by atoms with E-state index in [9.17, 15) is 13.6 Å². The van der Waals surface area contributed by atoms with Crippen LogP contribution in [0, 0.1) is 0 Å². The van der Waals surface area contributed by atoms with E-state index in [1.54, 1.807) is 31.2 Å². The third-order valence-corrected chi connectivity index (χ3v) is 3.96. The largest absolute Gasteiger partial charge is 0.484 e. The fourth-order valence-corrected chi connectivity index (χ4v) is 2.33. The second-order valence-electron chi connectivity index (χ2n) is 5.10. The van der Waals surface area contributed by atoms with Crippen molar-refractivity contribution in [3.63, 3.8) is 0 Å². The molecule has 0 bridgehead atoms. The molecule has 0 aliphatic carbocycles. The van der Waals surface area contributed by atoms with Crippen molar-refractivity contribution < 1.29 is 23.0 Å². The van der Waals surface area contributed by atoms with Crippen LogP contribution in [-0.4, -0.2) is 19.1 Å². The highest BCUT2D eigenvalue weighted by Gasteiger charge is 2.12. The van der Waals surface area contributed by atoms with E-state index >= 15 is 0 Å². The topological polar surface area (TPSA) is 47.6 Å². The van der Waals surface area contributed by atoms with E-state index < -0.39 is 12.7 Å². The molecule has 1 amide bonds. The Labute approximate surface area is 153 Å². The summed E-state index contributed by atoms with van der Waals surface area (Å²) in [6.45, 7) is -1.41. The van der Waals surface area contributed by atoms with Gasteiger partial charge in [-0.2, -0.15) is 8.78 Å². The number of benzene rings is 2. The van der Waals surface area contributed by atoms with Crippen molar-refractivity contribution in [2.75, 3.05) is 6.61 Å². The van der Waals surface area contributed by atoms with E-state index in [0.29, 0.717) is 21.4 Å². The molecule has 134 valence electrons. The van der Waals surface area contributed by atoms with Gasteiger partial charge in [-0.1, -0.05) is 35.3 Å². The van der Waals surface area contributed by atoms with E-state index in [-0.39, 0.29) is 18.3 Å². The maximum absolute atomic E-state index is 12.3. The number of ether oxygens (including phenoxy) is 2. The van der Waals surface area contributed by atoms with E-state index in [1.807, 2.05) is 0 Å². The van der Waals surface area contributed by atoms with Gasteiger partial charge in [0.1, 0.15) is 11.5 Å². The van der Waals surface area contributed by atoms with Crippen LogP contribution in [-0.2, 0) is 4.79 Å². The Bertz CT molecular complexity index is 744. The summed E-state index contributed by atoms with van der Waals surface area (Å²) in [4.78, 5) is 12.0. The molecule has 25 heavy (non-hydrogen) atoms. The molecular formula is C17H15Cl2F2NO3. The first-order chi connectivity index (χ1) is 11.8. The van der Waals surface area contributed by atoms with Gasteiger partial charge in [0.15, 0.2) is 6.61 Å². The van der Waals surface area contributed by atoms with Crippen LogP contribution in [0.2, 0.25) is 10.0 Å². The summed E-state index contributed by atoms with van der Waals surface area (Å²) in [5.41, 5.74) is 0.626. The summed E-state index contributed by atoms with van der Waals surface area (Å²) in [5.74, 6) is 0.0592. The molecule has 0 aliphatic heterocycles. The molecule has 2 aromatic carbocycles. The van der Waals surface area contributed by atoms with Crippen molar-refractivity contribution >= 4 is 29.1 Å². The second kappa shape index (κ2) is 8.87. The number of carbonyl (C=O) groups is 1. The summed E-state index contributed by atoms with van der Waals surface area (Å²) in [6.07, 6.45) is 0. The van der Waals surface area contributed by atoms with Crippen LogP contribution < -0.4 is 14.8 Å². The third kappa shape index (κ3) is 6.07. The van der Waals surface area contributed by atoms with E-state index in [1.165, 1.54) is 18.2 Å². The SMILES string of the molecule is CC(NC(=O)COc1ccc(Cl)c(Cl)c1)c1cccc(OC(F)F)c1. The van der Waals surface area contributed by atoms with Crippen molar-refractivity contribution in [2.45, 2.75) is 19.6 Å².